The number of alkyl halides is 1. The van der Waals surface area contributed by atoms with Crippen LogP contribution in [0.1, 0.15) is 69.2 Å². The molecule has 0 fully saturated rings. The van der Waals surface area contributed by atoms with E-state index in [1.165, 1.54) is 0 Å². The van der Waals surface area contributed by atoms with Gasteiger partial charge in [0.2, 0.25) is 0 Å². The molecule has 1 heteroatoms. The highest BCUT2D eigenvalue weighted by Crippen LogP contribution is 2.54. The first kappa shape index (κ1) is 17.9. The van der Waals surface area contributed by atoms with Crippen molar-refractivity contribution in [2.24, 2.45) is 35.0 Å². The second-order valence-electron chi connectivity index (χ2n) is 7.68. The summed E-state index contributed by atoms with van der Waals surface area (Å²) >= 11 is 0. The summed E-state index contributed by atoms with van der Waals surface area (Å²) in [6, 6.07) is 0. The standard InChI is InChI=1S/C17H35F/c1-11(2)15(12(3)4)17(10,18)16(9,13(5)6)14(7)8/h11-15H,1-10H3. The van der Waals surface area contributed by atoms with Gasteiger partial charge >= 0.3 is 0 Å². The largest absolute Gasteiger partial charge is 0.243 e. The molecule has 1 atom stereocenters. The highest BCUT2D eigenvalue weighted by molar-refractivity contribution is 5.02. The van der Waals surface area contributed by atoms with Crippen LogP contribution in [0.4, 0.5) is 4.39 Å². The van der Waals surface area contributed by atoms with Gasteiger partial charge in [0.1, 0.15) is 5.67 Å². The van der Waals surface area contributed by atoms with Crippen LogP contribution in [-0.4, -0.2) is 5.67 Å². The molecule has 0 aliphatic carbocycles. The molecule has 0 N–H and O–H groups in total. The molecule has 0 aromatic rings. The van der Waals surface area contributed by atoms with Crippen LogP contribution in [0.2, 0.25) is 0 Å². The average molecular weight is 258 g/mol. The number of rotatable bonds is 6. The summed E-state index contributed by atoms with van der Waals surface area (Å²) in [7, 11) is 0. The topological polar surface area (TPSA) is 0 Å². The monoisotopic (exact) mass is 258 g/mol. The lowest BCUT2D eigenvalue weighted by atomic mass is 9.54. The zero-order valence-corrected chi connectivity index (χ0v) is 14.3. The molecule has 0 heterocycles. The van der Waals surface area contributed by atoms with Crippen LogP contribution in [0.25, 0.3) is 0 Å². The first-order chi connectivity index (χ1) is 7.90. The van der Waals surface area contributed by atoms with Crippen molar-refractivity contribution in [3.8, 4) is 0 Å². The molecule has 0 aliphatic heterocycles. The molecule has 0 rings (SSSR count). The Bertz CT molecular complexity index is 232. The van der Waals surface area contributed by atoms with Gasteiger partial charge in [-0.25, -0.2) is 4.39 Å². The predicted molar refractivity (Wildman–Crippen MR) is 80.5 cm³/mol. The molecular formula is C17H35F. The molecule has 0 bridgehead atoms. The van der Waals surface area contributed by atoms with Crippen molar-refractivity contribution in [3.05, 3.63) is 0 Å². The Kier molecular flexibility index (Phi) is 5.90. The van der Waals surface area contributed by atoms with Crippen LogP contribution in [-0.2, 0) is 0 Å². The fourth-order valence-corrected chi connectivity index (χ4v) is 4.18. The summed E-state index contributed by atoms with van der Waals surface area (Å²) in [6.07, 6.45) is 0. The third kappa shape index (κ3) is 2.91. The third-order valence-electron chi connectivity index (χ3n) is 5.51. The van der Waals surface area contributed by atoms with E-state index in [4.69, 9.17) is 0 Å². The molecule has 110 valence electrons. The maximum atomic E-state index is 15.8. The van der Waals surface area contributed by atoms with Crippen LogP contribution >= 0.6 is 0 Å². The Labute approximate surface area is 115 Å². The van der Waals surface area contributed by atoms with Crippen LogP contribution in [0.5, 0.6) is 0 Å². The minimum Gasteiger partial charge on any atom is -0.243 e. The van der Waals surface area contributed by atoms with E-state index in [1.54, 1.807) is 0 Å². The molecule has 0 amide bonds. The van der Waals surface area contributed by atoms with Crippen molar-refractivity contribution < 1.29 is 4.39 Å². The van der Waals surface area contributed by atoms with Crippen LogP contribution < -0.4 is 0 Å². The Morgan fingerprint density at radius 3 is 1.11 bits per heavy atom. The lowest BCUT2D eigenvalue weighted by molar-refractivity contribution is -0.116. The summed E-state index contributed by atoms with van der Waals surface area (Å²) in [5.41, 5.74) is -1.43. The molecule has 0 saturated carbocycles. The number of hydrogen-bond acceptors (Lipinski definition) is 0. The molecule has 1 unspecified atom stereocenters. The summed E-state index contributed by atoms with van der Waals surface area (Å²) in [4.78, 5) is 0. The molecule has 0 aromatic carbocycles. The van der Waals surface area contributed by atoms with Gasteiger partial charge in [0.05, 0.1) is 0 Å². The zero-order valence-electron chi connectivity index (χ0n) is 14.3. The molecule has 0 radical (unpaired) electrons. The molecule has 0 spiro atoms. The molecular weight excluding hydrogens is 223 g/mol. The Hall–Kier alpha value is -0.0700. The van der Waals surface area contributed by atoms with Crippen molar-refractivity contribution in [2.45, 2.75) is 74.9 Å². The number of hydrogen-bond donors (Lipinski definition) is 0. The highest BCUT2D eigenvalue weighted by atomic mass is 19.1. The van der Waals surface area contributed by atoms with Gasteiger partial charge in [0.25, 0.3) is 0 Å². The summed E-state index contributed by atoms with van der Waals surface area (Å²) < 4.78 is 15.8. The van der Waals surface area contributed by atoms with E-state index in [9.17, 15) is 0 Å². The van der Waals surface area contributed by atoms with Crippen LogP contribution in [0.3, 0.4) is 0 Å². The molecule has 18 heavy (non-hydrogen) atoms. The predicted octanol–water partition coefficient (Wildman–Crippen LogP) is 5.96. The van der Waals surface area contributed by atoms with E-state index in [0.717, 1.165) is 0 Å². The van der Waals surface area contributed by atoms with Gasteiger partial charge in [0.15, 0.2) is 0 Å². The van der Waals surface area contributed by atoms with Crippen molar-refractivity contribution in [3.63, 3.8) is 0 Å². The Morgan fingerprint density at radius 1 is 0.667 bits per heavy atom. The summed E-state index contributed by atoms with van der Waals surface area (Å²) in [5, 5.41) is 0. The van der Waals surface area contributed by atoms with Crippen LogP contribution in [0, 0.1) is 35.0 Å². The Balaban J connectivity index is 5.68. The lowest BCUT2D eigenvalue weighted by Gasteiger charge is -2.53. The minimum absolute atomic E-state index is 0.104. The summed E-state index contributed by atoms with van der Waals surface area (Å²) in [6.45, 7) is 21.3. The van der Waals surface area contributed by atoms with Gasteiger partial charge in [0, 0.05) is 5.41 Å². The van der Waals surface area contributed by atoms with Crippen molar-refractivity contribution >= 4 is 0 Å². The SMILES string of the molecule is CC(C)C(C(C)C)C(C)(F)C(C)(C(C)C)C(C)C. The van der Waals surface area contributed by atoms with Gasteiger partial charge in [-0.1, -0.05) is 62.3 Å². The van der Waals surface area contributed by atoms with E-state index in [0.29, 0.717) is 23.7 Å². The fourth-order valence-electron chi connectivity index (χ4n) is 4.18. The van der Waals surface area contributed by atoms with Gasteiger partial charge in [-0.3, -0.25) is 0 Å². The van der Waals surface area contributed by atoms with Gasteiger partial charge in [-0.15, -0.1) is 0 Å². The smallest absolute Gasteiger partial charge is 0.117 e. The van der Waals surface area contributed by atoms with E-state index < -0.39 is 5.67 Å². The quantitative estimate of drug-likeness (QED) is 0.551. The normalized spacial score (nSPS) is 17.3. The van der Waals surface area contributed by atoms with Crippen molar-refractivity contribution in [1.29, 1.82) is 0 Å². The molecule has 0 nitrogen and oxygen atoms in total. The van der Waals surface area contributed by atoms with Crippen molar-refractivity contribution in [1.82, 2.24) is 0 Å². The van der Waals surface area contributed by atoms with E-state index >= 15 is 4.39 Å². The zero-order chi connectivity index (χ0) is 14.9. The van der Waals surface area contributed by atoms with E-state index in [1.807, 2.05) is 6.92 Å². The van der Waals surface area contributed by atoms with Gasteiger partial charge in [-0.05, 0) is 36.5 Å². The minimum atomic E-state index is -1.14. The second kappa shape index (κ2) is 5.92. The van der Waals surface area contributed by atoms with Gasteiger partial charge < -0.3 is 0 Å². The van der Waals surface area contributed by atoms with E-state index in [-0.39, 0.29) is 11.3 Å². The van der Waals surface area contributed by atoms with Crippen molar-refractivity contribution in [2.75, 3.05) is 0 Å². The first-order valence-corrected chi connectivity index (χ1v) is 7.59. The van der Waals surface area contributed by atoms with Crippen LogP contribution in [0.15, 0.2) is 0 Å². The first-order valence-electron chi connectivity index (χ1n) is 7.59. The molecule has 0 saturated heterocycles. The van der Waals surface area contributed by atoms with E-state index in [2.05, 4.69) is 62.3 Å². The fraction of sp³-hybridized carbons (Fsp3) is 1.00. The third-order valence-corrected chi connectivity index (χ3v) is 5.51. The maximum Gasteiger partial charge on any atom is 0.117 e. The summed E-state index contributed by atoms with van der Waals surface area (Å²) in [5.74, 6) is 1.53. The Morgan fingerprint density at radius 2 is 0.944 bits per heavy atom. The van der Waals surface area contributed by atoms with Gasteiger partial charge in [-0.2, -0.15) is 0 Å². The molecule has 0 aliphatic rings. The average Bonchev–Trinajstić information content (AvgIpc) is 2.12. The highest BCUT2D eigenvalue weighted by Gasteiger charge is 2.54. The second-order valence-corrected chi connectivity index (χ2v) is 7.68. The maximum absolute atomic E-state index is 15.8. The molecule has 0 aromatic heterocycles. The lowest BCUT2D eigenvalue weighted by Crippen LogP contribution is -2.55. The number of halogens is 1.